The first-order chi connectivity index (χ1) is 10.7. The van der Waals surface area contributed by atoms with E-state index in [1.165, 1.54) is 0 Å². The highest BCUT2D eigenvalue weighted by molar-refractivity contribution is 5.84. The summed E-state index contributed by atoms with van der Waals surface area (Å²) in [5.74, 6) is -0.888. The molecular weight excluding hydrogens is 294 g/mol. The maximum absolute atomic E-state index is 12.7. The smallest absolute Gasteiger partial charge is 0.311 e. The number of hydrogen-bond donors (Lipinski definition) is 1. The Morgan fingerprint density at radius 2 is 1.96 bits per heavy atom. The lowest BCUT2D eigenvalue weighted by Crippen LogP contribution is -2.43. The summed E-state index contributed by atoms with van der Waals surface area (Å²) in [5.41, 5.74) is -0.440. The second-order valence-corrected chi connectivity index (χ2v) is 7.20. The summed E-state index contributed by atoms with van der Waals surface area (Å²) in [6.07, 6.45) is 0.495. The van der Waals surface area contributed by atoms with Crippen molar-refractivity contribution in [2.45, 2.75) is 33.8 Å². The van der Waals surface area contributed by atoms with Crippen LogP contribution in [0.15, 0.2) is 30.3 Å². The minimum Gasteiger partial charge on any atom is -0.481 e. The molecule has 1 amide bonds. The van der Waals surface area contributed by atoms with Crippen LogP contribution in [0.25, 0.3) is 0 Å². The molecule has 5 nitrogen and oxygen atoms in total. The quantitative estimate of drug-likeness (QED) is 0.875. The number of aliphatic carboxylic acids is 1. The number of likely N-dealkylation sites (tertiary alicyclic amines) is 1. The van der Waals surface area contributed by atoms with E-state index in [1.807, 2.05) is 44.2 Å². The second kappa shape index (κ2) is 6.71. The summed E-state index contributed by atoms with van der Waals surface area (Å²) in [5, 5.41) is 9.28. The van der Waals surface area contributed by atoms with Crippen LogP contribution in [0.2, 0.25) is 0 Å². The number of hydrogen-bond acceptors (Lipinski definition) is 3. The van der Waals surface area contributed by atoms with Crippen molar-refractivity contribution in [1.82, 2.24) is 4.90 Å². The van der Waals surface area contributed by atoms with Gasteiger partial charge in [-0.1, -0.05) is 30.3 Å². The maximum atomic E-state index is 12.7. The summed E-state index contributed by atoms with van der Waals surface area (Å²) >= 11 is 0. The van der Waals surface area contributed by atoms with Crippen LogP contribution >= 0.6 is 0 Å². The van der Waals surface area contributed by atoms with E-state index in [2.05, 4.69) is 0 Å². The van der Waals surface area contributed by atoms with Gasteiger partial charge in [-0.05, 0) is 32.8 Å². The lowest BCUT2D eigenvalue weighted by atomic mass is 9.89. The molecule has 2 rings (SSSR count). The van der Waals surface area contributed by atoms with Crippen molar-refractivity contribution in [2.24, 2.45) is 10.8 Å². The van der Waals surface area contributed by atoms with Crippen LogP contribution in [0.3, 0.4) is 0 Å². The molecule has 0 radical (unpaired) electrons. The molecule has 126 valence electrons. The van der Waals surface area contributed by atoms with Crippen molar-refractivity contribution in [3.8, 4) is 0 Å². The molecule has 1 heterocycles. The van der Waals surface area contributed by atoms with Gasteiger partial charge >= 0.3 is 5.97 Å². The molecule has 0 aliphatic carbocycles. The normalized spacial score (nSPS) is 21.4. The fourth-order valence-corrected chi connectivity index (χ4v) is 2.80. The Kier molecular flexibility index (Phi) is 5.09. The summed E-state index contributed by atoms with van der Waals surface area (Å²) in [6, 6.07) is 9.81. The summed E-state index contributed by atoms with van der Waals surface area (Å²) in [7, 11) is 0. The van der Waals surface area contributed by atoms with Crippen molar-refractivity contribution in [3.05, 3.63) is 35.9 Å². The van der Waals surface area contributed by atoms with Gasteiger partial charge in [-0.15, -0.1) is 0 Å². The third-order valence-corrected chi connectivity index (χ3v) is 4.43. The average Bonchev–Trinajstić information content (AvgIpc) is 2.91. The molecule has 0 spiro atoms. The van der Waals surface area contributed by atoms with Gasteiger partial charge in [0.15, 0.2) is 0 Å². The Morgan fingerprint density at radius 3 is 2.52 bits per heavy atom. The van der Waals surface area contributed by atoms with Gasteiger partial charge in [0.2, 0.25) is 5.91 Å². The van der Waals surface area contributed by atoms with Crippen LogP contribution in [0.4, 0.5) is 0 Å². The van der Waals surface area contributed by atoms with Crippen molar-refractivity contribution < 1.29 is 19.4 Å². The number of amides is 1. The van der Waals surface area contributed by atoms with E-state index in [0.717, 1.165) is 5.56 Å². The molecule has 1 fully saturated rings. The fourth-order valence-electron chi connectivity index (χ4n) is 2.80. The zero-order valence-corrected chi connectivity index (χ0v) is 14.0. The molecule has 1 N–H and O–H groups in total. The predicted octanol–water partition coefficient (Wildman–Crippen LogP) is 2.55. The molecule has 1 aliphatic heterocycles. The summed E-state index contributed by atoms with van der Waals surface area (Å²) in [6.45, 7) is 6.91. The van der Waals surface area contributed by atoms with Gasteiger partial charge in [-0.25, -0.2) is 0 Å². The van der Waals surface area contributed by atoms with Gasteiger partial charge < -0.3 is 14.7 Å². The zero-order chi connectivity index (χ0) is 17.1. The van der Waals surface area contributed by atoms with Crippen LogP contribution in [-0.4, -0.2) is 41.6 Å². The van der Waals surface area contributed by atoms with Gasteiger partial charge in [0.05, 0.1) is 24.0 Å². The Bertz CT molecular complexity index is 570. The lowest BCUT2D eigenvalue weighted by molar-refractivity contribution is -0.148. The fraction of sp³-hybridized carbons (Fsp3) is 0.556. The minimum absolute atomic E-state index is 0.0458. The molecule has 1 aromatic rings. The van der Waals surface area contributed by atoms with E-state index in [9.17, 15) is 14.7 Å². The van der Waals surface area contributed by atoms with E-state index in [0.29, 0.717) is 26.2 Å². The highest BCUT2D eigenvalue weighted by Crippen LogP contribution is 2.33. The predicted molar refractivity (Wildman–Crippen MR) is 86.8 cm³/mol. The van der Waals surface area contributed by atoms with Crippen molar-refractivity contribution in [3.63, 3.8) is 0 Å². The number of benzene rings is 1. The third-order valence-electron chi connectivity index (χ3n) is 4.43. The number of carbonyl (C=O) groups excluding carboxylic acids is 1. The van der Waals surface area contributed by atoms with Gasteiger partial charge in [-0.3, -0.25) is 9.59 Å². The lowest BCUT2D eigenvalue weighted by Gasteiger charge is -2.30. The van der Waals surface area contributed by atoms with E-state index in [1.54, 1.807) is 11.8 Å². The molecule has 0 bridgehead atoms. The number of carbonyl (C=O) groups is 2. The molecule has 5 heteroatoms. The maximum Gasteiger partial charge on any atom is 0.311 e. The summed E-state index contributed by atoms with van der Waals surface area (Å²) in [4.78, 5) is 25.6. The van der Waals surface area contributed by atoms with Gasteiger partial charge in [-0.2, -0.15) is 0 Å². The summed E-state index contributed by atoms with van der Waals surface area (Å²) < 4.78 is 5.70. The van der Waals surface area contributed by atoms with Crippen LogP contribution in [-0.2, 0) is 20.9 Å². The molecule has 0 saturated carbocycles. The largest absolute Gasteiger partial charge is 0.481 e. The van der Waals surface area contributed by atoms with E-state index in [4.69, 9.17) is 4.74 Å². The van der Waals surface area contributed by atoms with Crippen LogP contribution in [0.5, 0.6) is 0 Å². The Morgan fingerprint density at radius 1 is 1.30 bits per heavy atom. The van der Waals surface area contributed by atoms with E-state index in [-0.39, 0.29) is 12.5 Å². The second-order valence-electron chi connectivity index (χ2n) is 7.20. The van der Waals surface area contributed by atoms with Crippen LogP contribution in [0, 0.1) is 10.8 Å². The third kappa shape index (κ3) is 4.10. The molecular formula is C18H25NO4. The molecule has 1 saturated heterocycles. The van der Waals surface area contributed by atoms with Gasteiger partial charge in [0.25, 0.3) is 0 Å². The Hall–Kier alpha value is -1.88. The molecule has 1 aromatic carbocycles. The van der Waals surface area contributed by atoms with Crippen molar-refractivity contribution in [2.75, 3.05) is 19.7 Å². The molecule has 23 heavy (non-hydrogen) atoms. The molecule has 1 atom stereocenters. The molecule has 1 aliphatic rings. The first kappa shape index (κ1) is 17.5. The van der Waals surface area contributed by atoms with Gasteiger partial charge in [0.1, 0.15) is 0 Å². The highest BCUT2D eigenvalue weighted by Gasteiger charge is 2.45. The number of rotatable bonds is 6. The average molecular weight is 319 g/mol. The minimum atomic E-state index is -0.842. The standard InChI is InChI=1S/C18H25NO4/c1-17(2,13-23-11-14-7-5-4-6-8-14)15(20)19-10-9-18(3,12-19)16(21)22/h4-8H,9-13H2,1-3H3,(H,21,22). The van der Waals surface area contributed by atoms with Crippen molar-refractivity contribution >= 4 is 11.9 Å². The van der Waals surface area contributed by atoms with E-state index < -0.39 is 16.8 Å². The number of carboxylic acid groups (broad SMARTS) is 1. The first-order valence-electron chi connectivity index (χ1n) is 7.89. The first-order valence-corrected chi connectivity index (χ1v) is 7.89. The highest BCUT2D eigenvalue weighted by atomic mass is 16.5. The zero-order valence-electron chi connectivity index (χ0n) is 14.0. The van der Waals surface area contributed by atoms with Gasteiger partial charge in [0, 0.05) is 13.1 Å². The SMILES string of the molecule is CC(C)(COCc1ccccc1)C(=O)N1CCC(C)(C(=O)O)C1. The topological polar surface area (TPSA) is 66.8 Å². The monoisotopic (exact) mass is 319 g/mol. The van der Waals surface area contributed by atoms with E-state index >= 15 is 0 Å². The Labute approximate surface area is 137 Å². The van der Waals surface area contributed by atoms with Crippen LogP contribution in [0.1, 0.15) is 32.8 Å². The Balaban J connectivity index is 1.89. The number of nitrogens with zero attached hydrogens (tertiary/aromatic N) is 1. The number of ether oxygens (including phenoxy) is 1. The van der Waals surface area contributed by atoms with Crippen molar-refractivity contribution in [1.29, 1.82) is 0 Å². The molecule has 0 aromatic heterocycles. The number of carboxylic acids is 1. The van der Waals surface area contributed by atoms with Crippen LogP contribution < -0.4 is 0 Å². The molecule has 1 unspecified atom stereocenters.